The Hall–Kier alpha value is -3.75. The van der Waals surface area contributed by atoms with Crippen molar-refractivity contribution in [3.05, 3.63) is 65.5 Å². The topological polar surface area (TPSA) is 115 Å². The lowest BCUT2D eigenvalue weighted by atomic mass is 9.94. The molecular weight excluding hydrogens is 534 g/mol. The van der Waals surface area contributed by atoms with Crippen LogP contribution in [0.4, 0.5) is 0 Å². The molecular formula is C33H47N3O6. The maximum Gasteiger partial charge on any atom is 0.308 e. The minimum atomic E-state index is -0.747. The van der Waals surface area contributed by atoms with Crippen LogP contribution in [0.1, 0.15) is 94.6 Å². The molecule has 2 rings (SSSR count). The number of esters is 2. The molecule has 1 aromatic heterocycles. The molecule has 0 aliphatic carbocycles. The third-order valence-electron chi connectivity index (χ3n) is 7.40. The van der Waals surface area contributed by atoms with E-state index in [1.54, 1.807) is 37.1 Å². The van der Waals surface area contributed by atoms with E-state index in [1.807, 2.05) is 51.1 Å². The Morgan fingerprint density at radius 1 is 0.976 bits per heavy atom. The first-order chi connectivity index (χ1) is 20.0. The molecule has 2 aromatic rings. The molecule has 9 nitrogen and oxygen atoms in total. The fourth-order valence-corrected chi connectivity index (χ4v) is 5.05. The van der Waals surface area contributed by atoms with Crippen LogP contribution < -0.4 is 5.32 Å². The van der Waals surface area contributed by atoms with Gasteiger partial charge in [0, 0.05) is 38.9 Å². The highest BCUT2D eigenvalue weighted by atomic mass is 16.5. The van der Waals surface area contributed by atoms with Crippen LogP contribution in [0.2, 0.25) is 0 Å². The second kappa shape index (κ2) is 17.3. The fraction of sp³-hybridized carbons (Fsp3) is 0.545. The number of carbonyl (C=O) groups is 4. The number of unbranched alkanes of at least 4 members (excludes halogenated alkanes) is 1. The van der Waals surface area contributed by atoms with Gasteiger partial charge in [0.25, 0.3) is 5.91 Å². The molecule has 9 heteroatoms. The van der Waals surface area contributed by atoms with E-state index in [0.717, 1.165) is 18.4 Å². The molecule has 0 spiro atoms. The second-order valence-corrected chi connectivity index (χ2v) is 11.2. The number of rotatable bonds is 16. The quantitative estimate of drug-likeness (QED) is 0.268. The van der Waals surface area contributed by atoms with Crippen molar-refractivity contribution in [2.24, 2.45) is 11.8 Å². The number of ether oxygens (including phenoxy) is 2. The first-order valence-corrected chi connectivity index (χ1v) is 14.8. The molecule has 42 heavy (non-hydrogen) atoms. The summed E-state index contributed by atoms with van der Waals surface area (Å²) in [4.78, 5) is 56.8. The van der Waals surface area contributed by atoms with Gasteiger partial charge in [0.05, 0.1) is 18.7 Å². The van der Waals surface area contributed by atoms with Crippen LogP contribution in [0.15, 0.2) is 48.5 Å². The lowest BCUT2D eigenvalue weighted by Gasteiger charge is -2.34. The Bertz CT molecular complexity index is 1170. The molecule has 1 heterocycles. The molecule has 0 fully saturated rings. The zero-order valence-electron chi connectivity index (χ0n) is 26.1. The van der Waals surface area contributed by atoms with Gasteiger partial charge in [-0.2, -0.15) is 0 Å². The van der Waals surface area contributed by atoms with Gasteiger partial charge in [-0.25, -0.2) is 4.98 Å². The van der Waals surface area contributed by atoms with Gasteiger partial charge in [-0.15, -0.1) is 0 Å². The second-order valence-electron chi connectivity index (χ2n) is 11.2. The van der Waals surface area contributed by atoms with Crippen molar-refractivity contribution in [1.82, 2.24) is 15.2 Å². The number of hydrogen-bond donors (Lipinski definition) is 1. The molecule has 0 saturated carbocycles. The van der Waals surface area contributed by atoms with Crippen molar-refractivity contribution in [3.8, 4) is 0 Å². The van der Waals surface area contributed by atoms with Gasteiger partial charge in [-0.3, -0.25) is 19.2 Å². The van der Waals surface area contributed by atoms with E-state index < -0.39 is 23.9 Å². The van der Waals surface area contributed by atoms with E-state index in [0.29, 0.717) is 31.4 Å². The average molecular weight is 582 g/mol. The van der Waals surface area contributed by atoms with Crippen LogP contribution in [0.5, 0.6) is 0 Å². The Morgan fingerprint density at radius 3 is 2.26 bits per heavy atom. The summed E-state index contributed by atoms with van der Waals surface area (Å²) in [6.07, 6.45) is 2.70. The van der Waals surface area contributed by atoms with Crippen molar-refractivity contribution in [2.75, 3.05) is 14.2 Å². The molecule has 2 amide bonds. The molecule has 1 aromatic carbocycles. The minimum Gasteiger partial charge on any atom is -0.469 e. The number of pyridine rings is 1. The molecule has 4 atom stereocenters. The van der Waals surface area contributed by atoms with E-state index in [2.05, 4.69) is 10.3 Å². The molecule has 0 aliphatic rings. The first-order valence-electron chi connectivity index (χ1n) is 14.8. The van der Waals surface area contributed by atoms with Crippen LogP contribution in [-0.2, 0) is 30.3 Å². The highest BCUT2D eigenvalue weighted by molar-refractivity contribution is 5.92. The van der Waals surface area contributed by atoms with Crippen molar-refractivity contribution < 1.29 is 28.7 Å². The number of benzene rings is 1. The van der Waals surface area contributed by atoms with Gasteiger partial charge in [-0.1, -0.05) is 70.5 Å². The Morgan fingerprint density at radius 2 is 1.67 bits per heavy atom. The molecule has 0 bridgehead atoms. The SMILES string of the molecule is CCCCC(=O)N(C)C(CC(OC(C)=O)c1cccc(C(=O)NC(Cc2ccccc2)CC(C)C(=O)OC)n1)C(C)C. The van der Waals surface area contributed by atoms with Crippen molar-refractivity contribution in [2.45, 2.75) is 91.3 Å². The van der Waals surface area contributed by atoms with Gasteiger partial charge in [-0.05, 0) is 42.9 Å². The van der Waals surface area contributed by atoms with Crippen molar-refractivity contribution >= 4 is 23.8 Å². The fourth-order valence-electron chi connectivity index (χ4n) is 5.05. The van der Waals surface area contributed by atoms with E-state index in [9.17, 15) is 19.2 Å². The molecule has 0 radical (unpaired) electrons. The maximum atomic E-state index is 13.4. The van der Waals surface area contributed by atoms with Crippen LogP contribution in [0.25, 0.3) is 0 Å². The van der Waals surface area contributed by atoms with Gasteiger partial charge in [0.2, 0.25) is 5.91 Å². The van der Waals surface area contributed by atoms with Crippen LogP contribution >= 0.6 is 0 Å². The Kier molecular flexibility index (Phi) is 14.2. The summed E-state index contributed by atoms with van der Waals surface area (Å²) in [5.41, 5.74) is 1.62. The van der Waals surface area contributed by atoms with Crippen LogP contribution in [0.3, 0.4) is 0 Å². The van der Waals surface area contributed by atoms with Gasteiger partial charge in [0.15, 0.2) is 0 Å². The van der Waals surface area contributed by atoms with Crippen LogP contribution in [0, 0.1) is 11.8 Å². The predicted octanol–water partition coefficient (Wildman–Crippen LogP) is 5.29. The average Bonchev–Trinajstić information content (AvgIpc) is 2.97. The van der Waals surface area contributed by atoms with E-state index in [4.69, 9.17) is 9.47 Å². The number of hydrogen-bond acceptors (Lipinski definition) is 7. The van der Waals surface area contributed by atoms with E-state index in [-0.39, 0.29) is 35.6 Å². The molecule has 1 N–H and O–H groups in total. The molecule has 4 unspecified atom stereocenters. The summed E-state index contributed by atoms with van der Waals surface area (Å²) in [7, 11) is 3.13. The summed E-state index contributed by atoms with van der Waals surface area (Å²) in [5.74, 6) is -1.49. The van der Waals surface area contributed by atoms with E-state index in [1.165, 1.54) is 14.0 Å². The number of carbonyl (C=O) groups excluding carboxylic acids is 4. The zero-order valence-corrected chi connectivity index (χ0v) is 26.1. The number of amides is 2. The van der Waals surface area contributed by atoms with Gasteiger partial charge >= 0.3 is 11.9 Å². The predicted molar refractivity (Wildman–Crippen MR) is 161 cm³/mol. The number of aromatic nitrogens is 1. The van der Waals surface area contributed by atoms with Crippen molar-refractivity contribution in [1.29, 1.82) is 0 Å². The number of nitrogens with one attached hydrogen (secondary N) is 1. The third kappa shape index (κ3) is 10.9. The minimum absolute atomic E-state index is 0.0452. The lowest BCUT2D eigenvalue weighted by Crippen LogP contribution is -2.42. The monoisotopic (exact) mass is 581 g/mol. The standard InChI is InChI=1S/C33H47N3O6/c1-8-9-18-31(38)36(6)29(22(2)3)21-30(42-24(5)37)27-16-13-17-28(35-27)32(39)34-26(19-23(4)33(40)41-7)20-25-14-11-10-12-15-25/h10-17,22-23,26,29-30H,8-9,18-21H2,1-7H3,(H,34,39). The molecule has 0 saturated heterocycles. The number of nitrogens with zero attached hydrogens (tertiary/aromatic N) is 2. The van der Waals surface area contributed by atoms with Gasteiger partial charge < -0.3 is 19.7 Å². The summed E-state index contributed by atoms with van der Waals surface area (Å²) in [6, 6.07) is 14.2. The summed E-state index contributed by atoms with van der Waals surface area (Å²) < 4.78 is 10.6. The largest absolute Gasteiger partial charge is 0.469 e. The smallest absolute Gasteiger partial charge is 0.308 e. The maximum absolute atomic E-state index is 13.4. The number of methoxy groups -OCH3 is 1. The van der Waals surface area contributed by atoms with Gasteiger partial charge in [0.1, 0.15) is 11.8 Å². The first kappa shape index (κ1) is 34.5. The summed E-state index contributed by atoms with van der Waals surface area (Å²) >= 11 is 0. The molecule has 0 aliphatic heterocycles. The van der Waals surface area contributed by atoms with E-state index >= 15 is 0 Å². The van der Waals surface area contributed by atoms with Crippen LogP contribution in [-0.4, -0.2) is 59.9 Å². The zero-order chi connectivity index (χ0) is 31.2. The normalized spacial score (nSPS) is 13.9. The highest BCUT2D eigenvalue weighted by Gasteiger charge is 2.30. The highest BCUT2D eigenvalue weighted by Crippen LogP contribution is 2.28. The Labute approximate surface area is 250 Å². The summed E-state index contributed by atoms with van der Waals surface area (Å²) in [5, 5.41) is 3.04. The lowest BCUT2D eigenvalue weighted by molar-refractivity contribution is -0.149. The third-order valence-corrected chi connectivity index (χ3v) is 7.40. The molecule has 230 valence electrons. The summed E-state index contributed by atoms with van der Waals surface area (Å²) in [6.45, 7) is 9.20. The van der Waals surface area contributed by atoms with Crippen molar-refractivity contribution in [3.63, 3.8) is 0 Å². The Balaban J connectivity index is 2.30.